The lowest BCUT2D eigenvalue weighted by molar-refractivity contribution is -0.134. The molecule has 110 valence electrons. The highest BCUT2D eigenvalue weighted by atomic mass is 32.1. The molecule has 3 heterocycles. The van der Waals surface area contributed by atoms with E-state index in [2.05, 4.69) is 16.9 Å². The molecule has 2 N–H and O–H groups in total. The van der Waals surface area contributed by atoms with E-state index in [0.717, 1.165) is 25.2 Å². The molecule has 2 aliphatic rings. The number of amides is 1. The Morgan fingerprint density at radius 3 is 3.10 bits per heavy atom. The van der Waals surface area contributed by atoms with Gasteiger partial charge in [-0.2, -0.15) is 0 Å². The topological polar surface area (TPSA) is 62.5 Å². The number of thiazole rings is 1. The smallest absolute Gasteiger partial charge is 0.228 e. The van der Waals surface area contributed by atoms with Crippen LogP contribution in [0, 0.1) is 5.92 Å². The lowest BCUT2D eigenvalue weighted by Crippen LogP contribution is -2.54. The Hall–Kier alpha value is -1.14. The summed E-state index contributed by atoms with van der Waals surface area (Å²) in [5, 5.41) is 2.43. The predicted molar refractivity (Wildman–Crippen MR) is 80.6 cm³/mol. The average molecular weight is 294 g/mol. The predicted octanol–water partition coefficient (Wildman–Crippen LogP) is 1.21. The van der Waals surface area contributed by atoms with Crippen LogP contribution in [0.25, 0.3) is 0 Å². The summed E-state index contributed by atoms with van der Waals surface area (Å²) < 4.78 is 0. The van der Waals surface area contributed by atoms with E-state index in [1.807, 2.05) is 10.3 Å². The zero-order valence-electron chi connectivity index (χ0n) is 11.9. The molecule has 20 heavy (non-hydrogen) atoms. The van der Waals surface area contributed by atoms with E-state index in [9.17, 15) is 4.79 Å². The van der Waals surface area contributed by atoms with E-state index in [4.69, 9.17) is 5.73 Å². The molecule has 2 unspecified atom stereocenters. The van der Waals surface area contributed by atoms with E-state index in [1.54, 1.807) is 0 Å². The molecule has 2 aliphatic heterocycles. The maximum Gasteiger partial charge on any atom is 0.228 e. The number of aromatic nitrogens is 1. The molecule has 2 fully saturated rings. The van der Waals surface area contributed by atoms with Crippen molar-refractivity contribution >= 4 is 22.4 Å². The highest BCUT2D eigenvalue weighted by Gasteiger charge is 2.35. The van der Waals surface area contributed by atoms with Crippen LogP contribution in [0.15, 0.2) is 5.38 Å². The Balaban J connectivity index is 1.59. The quantitative estimate of drug-likeness (QED) is 0.890. The molecule has 5 nitrogen and oxygen atoms in total. The van der Waals surface area contributed by atoms with Gasteiger partial charge < -0.3 is 15.5 Å². The minimum absolute atomic E-state index is 0.196. The zero-order valence-corrected chi connectivity index (χ0v) is 12.7. The van der Waals surface area contributed by atoms with Gasteiger partial charge in [0.1, 0.15) is 0 Å². The summed E-state index contributed by atoms with van der Waals surface area (Å²) in [7, 11) is 2.21. The van der Waals surface area contributed by atoms with Gasteiger partial charge in [0.15, 0.2) is 5.13 Å². The number of rotatable bonds is 2. The van der Waals surface area contributed by atoms with Crippen molar-refractivity contribution in [1.29, 1.82) is 0 Å². The fourth-order valence-electron chi connectivity index (χ4n) is 3.55. The number of hydrogen-bond donors (Lipinski definition) is 1. The zero-order chi connectivity index (χ0) is 14.1. The normalized spacial score (nSPS) is 27.4. The Morgan fingerprint density at radius 1 is 1.50 bits per heavy atom. The highest BCUT2D eigenvalue weighted by Crippen LogP contribution is 2.29. The molecule has 1 amide bonds. The van der Waals surface area contributed by atoms with Gasteiger partial charge in [0.2, 0.25) is 5.91 Å². The van der Waals surface area contributed by atoms with Crippen LogP contribution in [-0.4, -0.2) is 53.4 Å². The summed E-state index contributed by atoms with van der Waals surface area (Å²) in [5.74, 6) is 0.842. The Morgan fingerprint density at radius 2 is 2.35 bits per heavy atom. The maximum atomic E-state index is 12.4. The van der Waals surface area contributed by atoms with Gasteiger partial charge in [-0.25, -0.2) is 4.98 Å². The molecule has 1 aromatic heterocycles. The van der Waals surface area contributed by atoms with E-state index in [1.165, 1.54) is 30.7 Å². The van der Waals surface area contributed by atoms with Gasteiger partial charge in [-0.15, -0.1) is 11.3 Å². The van der Waals surface area contributed by atoms with Crippen LogP contribution in [0.1, 0.15) is 25.0 Å². The molecule has 0 bridgehead atoms. The average Bonchev–Trinajstić information content (AvgIpc) is 2.84. The Bertz CT molecular complexity index is 489. The van der Waals surface area contributed by atoms with Crippen LogP contribution in [0.2, 0.25) is 0 Å². The van der Waals surface area contributed by atoms with Crippen LogP contribution >= 0.6 is 11.3 Å². The minimum atomic E-state index is 0.196. The number of carbonyl (C=O) groups is 1. The first-order valence-electron chi connectivity index (χ1n) is 7.31. The first-order chi connectivity index (χ1) is 9.63. The minimum Gasteiger partial charge on any atom is -0.375 e. The largest absolute Gasteiger partial charge is 0.375 e. The van der Waals surface area contributed by atoms with Gasteiger partial charge >= 0.3 is 0 Å². The van der Waals surface area contributed by atoms with Gasteiger partial charge in [0, 0.05) is 24.5 Å². The van der Waals surface area contributed by atoms with Crippen molar-refractivity contribution in [3.8, 4) is 0 Å². The van der Waals surface area contributed by atoms with Crippen molar-refractivity contribution < 1.29 is 4.79 Å². The van der Waals surface area contributed by atoms with Crippen molar-refractivity contribution in [2.75, 3.05) is 32.4 Å². The van der Waals surface area contributed by atoms with Crippen molar-refractivity contribution in [2.24, 2.45) is 5.92 Å². The van der Waals surface area contributed by atoms with E-state index in [-0.39, 0.29) is 5.91 Å². The second kappa shape index (κ2) is 5.69. The molecule has 1 aromatic rings. The number of fused-ring (bicyclic) bond motifs is 1. The Labute approximate surface area is 123 Å². The molecule has 2 atom stereocenters. The number of carbonyl (C=O) groups excluding carboxylic acids is 1. The van der Waals surface area contributed by atoms with Crippen molar-refractivity contribution in [2.45, 2.75) is 31.7 Å². The molecule has 0 saturated carbocycles. The fourth-order valence-corrected chi connectivity index (χ4v) is 4.11. The summed E-state index contributed by atoms with van der Waals surface area (Å²) in [6.45, 7) is 2.99. The number of anilines is 1. The summed E-state index contributed by atoms with van der Waals surface area (Å²) in [5.41, 5.74) is 6.42. The van der Waals surface area contributed by atoms with Crippen LogP contribution in [0.5, 0.6) is 0 Å². The van der Waals surface area contributed by atoms with Crippen molar-refractivity contribution in [1.82, 2.24) is 14.8 Å². The third-order valence-electron chi connectivity index (χ3n) is 4.60. The number of likely N-dealkylation sites (tertiary alicyclic amines) is 2. The summed E-state index contributed by atoms with van der Waals surface area (Å²) in [6, 6.07) is 0.669. The van der Waals surface area contributed by atoms with Gasteiger partial charge in [0.05, 0.1) is 12.1 Å². The molecule has 2 saturated heterocycles. The summed E-state index contributed by atoms with van der Waals surface area (Å²) in [6.07, 6.45) is 4.00. The first-order valence-corrected chi connectivity index (χ1v) is 8.19. The number of nitrogen functional groups attached to an aromatic ring is 1. The lowest BCUT2D eigenvalue weighted by Gasteiger charge is -2.46. The Kier molecular flexibility index (Phi) is 3.94. The number of hydrogen-bond acceptors (Lipinski definition) is 5. The van der Waals surface area contributed by atoms with E-state index < -0.39 is 0 Å². The molecule has 0 spiro atoms. The molecule has 0 aromatic carbocycles. The summed E-state index contributed by atoms with van der Waals surface area (Å²) in [4.78, 5) is 21.0. The van der Waals surface area contributed by atoms with E-state index >= 15 is 0 Å². The standard InChI is InChI=1S/C14H22N4OS/c1-17-5-2-3-10-8-18(6-4-12(10)17)13(19)7-11-9-20-14(15)16-11/h9-10,12H,2-8H2,1H3,(H2,15,16). The van der Waals surface area contributed by atoms with Crippen LogP contribution in [-0.2, 0) is 11.2 Å². The highest BCUT2D eigenvalue weighted by molar-refractivity contribution is 7.13. The van der Waals surface area contributed by atoms with Gasteiger partial charge in [-0.05, 0) is 38.8 Å². The summed E-state index contributed by atoms with van der Waals surface area (Å²) >= 11 is 1.40. The number of nitrogens with two attached hydrogens (primary N) is 1. The maximum absolute atomic E-state index is 12.4. The molecular weight excluding hydrogens is 272 g/mol. The molecule has 6 heteroatoms. The van der Waals surface area contributed by atoms with Crippen molar-refractivity contribution in [3.63, 3.8) is 0 Å². The second-order valence-electron chi connectivity index (χ2n) is 5.93. The molecular formula is C14H22N4OS. The SMILES string of the molecule is CN1CCCC2CN(C(=O)Cc3csc(N)n3)CCC21. The number of piperidine rings is 2. The van der Waals surface area contributed by atoms with Crippen LogP contribution in [0.4, 0.5) is 5.13 Å². The third kappa shape index (κ3) is 2.81. The van der Waals surface area contributed by atoms with Crippen LogP contribution < -0.4 is 5.73 Å². The molecule has 0 aliphatic carbocycles. The third-order valence-corrected chi connectivity index (χ3v) is 5.32. The van der Waals surface area contributed by atoms with Gasteiger partial charge in [0.25, 0.3) is 0 Å². The number of nitrogens with zero attached hydrogens (tertiary/aromatic N) is 3. The van der Waals surface area contributed by atoms with Gasteiger partial charge in [-0.1, -0.05) is 0 Å². The second-order valence-corrected chi connectivity index (χ2v) is 6.82. The fraction of sp³-hybridized carbons (Fsp3) is 0.714. The van der Waals surface area contributed by atoms with E-state index in [0.29, 0.717) is 23.5 Å². The van der Waals surface area contributed by atoms with Crippen LogP contribution in [0.3, 0.4) is 0 Å². The monoisotopic (exact) mass is 294 g/mol. The molecule has 3 rings (SSSR count). The lowest BCUT2D eigenvalue weighted by atomic mass is 9.84. The van der Waals surface area contributed by atoms with Gasteiger partial charge in [-0.3, -0.25) is 4.79 Å². The van der Waals surface area contributed by atoms with Crippen molar-refractivity contribution in [3.05, 3.63) is 11.1 Å². The first kappa shape index (κ1) is 13.8. The molecule has 0 radical (unpaired) electrons.